The van der Waals surface area contributed by atoms with Crippen molar-refractivity contribution >= 4 is 17.3 Å². The quantitative estimate of drug-likeness (QED) is 0.941. The lowest BCUT2D eigenvalue weighted by Gasteiger charge is -2.13. The van der Waals surface area contributed by atoms with Gasteiger partial charge in [0.2, 0.25) is 5.91 Å². The Kier molecular flexibility index (Phi) is 4.00. The second-order valence-electron chi connectivity index (χ2n) is 5.74. The molecule has 114 valence electrons. The van der Waals surface area contributed by atoms with Crippen molar-refractivity contribution < 1.29 is 9.53 Å². The summed E-state index contributed by atoms with van der Waals surface area (Å²) in [6, 6.07) is 15.7. The van der Waals surface area contributed by atoms with Crippen molar-refractivity contribution in [3.05, 3.63) is 54.1 Å². The molecule has 1 N–H and O–H groups in total. The molecule has 1 amide bonds. The van der Waals surface area contributed by atoms with Gasteiger partial charge in [0.15, 0.2) is 0 Å². The fourth-order valence-electron chi connectivity index (χ4n) is 2.68. The standard InChI is InChI=1S/C18H20N2O2/c1-20(2)15-9-7-14(8-10-15)19-18(21)11-13-12-22-17-6-4-3-5-16(13)17/h3-10,13H,11-12H2,1-2H3,(H,19,21). The summed E-state index contributed by atoms with van der Waals surface area (Å²) in [6.07, 6.45) is 0.437. The van der Waals surface area contributed by atoms with E-state index in [1.807, 2.05) is 67.5 Å². The molecular weight excluding hydrogens is 276 g/mol. The number of para-hydroxylation sites is 1. The van der Waals surface area contributed by atoms with Gasteiger partial charge in [0.1, 0.15) is 5.75 Å². The zero-order chi connectivity index (χ0) is 15.5. The lowest BCUT2D eigenvalue weighted by atomic mass is 9.97. The fourth-order valence-corrected chi connectivity index (χ4v) is 2.68. The zero-order valence-corrected chi connectivity index (χ0v) is 12.9. The molecule has 1 unspecified atom stereocenters. The first-order chi connectivity index (χ1) is 10.6. The molecule has 3 rings (SSSR count). The van der Waals surface area contributed by atoms with Gasteiger partial charge in [-0.15, -0.1) is 0 Å². The maximum atomic E-state index is 12.2. The fraction of sp³-hybridized carbons (Fsp3) is 0.278. The summed E-state index contributed by atoms with van der Waals surface area (Å²) in [4.78, 5) is 14.2. The Morgan fingerprint density at radius 3 is 2.64 bits per heavy atom. The number of fused-ring (bicyclic) bond motifs is 1. The van der Waals surface area contributed by atoms with Gasteiger partial charge in [-0.2, -0.15) is 0 Å². The van der Waals surface area contributed by atoms with E-state index in [0.29, 0.717) is 13.0 Å². The molecule has 4 nitrogen and oxygen atoms in total. The average molecular weight is 296 g/mol. The molecule has 0 spiro atoms. The van der Waals surface area contributed by atoms with E-state index in [0.717, 1.165) is 22.7 Å². The normalized spacial score (nSPS) is 15.8. The van der Waals surface area contributed by atoms with Gasteiger partial charge in [-0.1, -0.05) is 18.2 Å². The molecule has 0 saturated heterocycles. The number of anilines is 2. The number of hydrogen-bond donors (Lipinski definition) is 1. The predicted molar refractivity (Wildman–Crippen MR) is 88.7 cm³/mol. The summed E-state index contributed by atoms with van der Waals surface area (Å²) in [5.41, 5.74) is 3.06. The lowest BCUT2D eigenvalue weighted by molar-refractivity contribution is -0.116. The number of carbonyl (C=O) groups is 1. The van der Waals surface area contributed by atoms with Crippen LogP contribution in [0.2, 0.25) is 0 Å². The third-order valence-corrected chi connectivity index (χ3v) is 3.90. The molecule has 4 heteroatoms. The highest BCUT2D eigenvalue weighted by Crippen LogP contribution is 2.35. The summed E-state index contributed by atoms with van der Waals surface area (Å²) >= 11 is 0. The van der Waals surface area contributed by atoms with Crippen LogP contribution in [0, 0.1) is 0 Å². The van der Waals surface area contributed by atoms with E-state index in [1.54, 1.807) is 0 Å². The van der Waals surface area contributed by atoms with Gasteiger partial charge in [-0.3, -0.25) is 4.79 Å². The topological polar surface area (TPSA) is 41.6 Å². The number of hydrogen-bond acceptors (Lipinski definition) is 3. The van der Waals surface area contributed by atoms with Crippen LogP contribution in [-0.2, 0) is 4.79 Å². The second-order valence-corrected chi connectivity index (χ2v) is 5.74. The SMILES string of the molecule is CN(C)c1ccc(NC(=O)CC2COc3ccccc32)cc1. The minimum absolute atomic E-state index is 0.0166. The van der Waals surface area contributed by atoms with Gasteiger partial charge in [0.25, 0.3) is 0 Å². The first-order valence-corrected chi connectivity index (χ1v) is 7.42. The molecule has 0 saturated carbocycles. The molecule has 2 aromatic rings. The number of nitrogens with zero attached hydrogens (tertiary/aromatic N) is 1. The number of benzene rings is 2. The van der Waals surface area contributed by atoms with Crippen molar-refractivity contribution in [1.29, 1.82) is 0 Å². The molecule has 1 heterocycles. The van der Waals surface area contributed by atoms with Crippen LogP contribution in [-0.4, -0.2) is 26.6 Å². The molecular formula is C18H20N2O2. The van der Waals surface area contributed by atoms with Crippen LogP contribution in [0.25, 0.3) is 0 Å². The Balaban J connectivity index is 1.61. The highest BCUT2D eigenvalue weighted by Gasteiger charge is 2.25. The largest absolute Gasteiger partial charge is 0.493 e. The van der Waals surface area contributed by atoms with E-state index in [9.17, 15) is 4.79 Å². The van der Waals surface area contributed by atoms with Crippen molar-refractivity contribution in [2.75, 3.05) is 30.9 Å². The Labute approximate surface area is 130 Å². The molecule has 0 aromatic heterocycles. The van der Waals surface area contributed by atoms with Gasteiger partial charge >= 0.3 is 0 Å². The summed E-state index contributed by atoms with van der Waals surface area (Å²) in [5.74, 6) is 1.05. The molecule has 0 aliphatic carbocycles. The minimum atomic E-state index is 0.0166. The Bertz CT molecular complexity index is 665. The predicted octanol–water partition coefficient (Wildman–Crippen LogP) is 3.26. The van der Waals surface area contributed by atoms with Crippen LogP contribution in [0.1, 0.15) is 17.9 Å². The van der Waals surface area contributed by atoms with Crippen molar-refractivity contribution in [1.82, 2.24) is 0 Å². The van der Waals surface area contributed by atoms with Crippen LogP contribution in [0.15, 0.2) is 48.5 Å². The van der Waals surface area contributed by atoms with Crippen LogP contribution in [0.3, 0.4) is 0 Å². The lowest BCUT2D eigenvalue weighted by Crippen LogP contribution is -2.16. The van der Waals surface area contributed by atoms with Crippen LogP contribution in [0.5, 0.6) is 5.75 Å². The first kappa shape index (κ1) is 14.4. The van der Waals surface area contributed by atoms with E-state index in [4.69, 9.17) is 4.74 Å². The Morgan fingerprint density at radius 1 is 1.18 bits per heavy atom. The van der Waals surface area contributed by atoms with Gasteiger partial charge in [0, 0.05) is 43.4 Å². The van der Waals surface area contributed by atoms with Crippen LogP contribution >= 0.6 is 0 Å². The Hall–Kier alpha value is -2.49. The summed E-state index contributed by atoms with van der Waals surface area (Å²) in [6.45, 7) is 0.576. The number of carbonyl (C=O) groups excluding carboxylic acids is 1. The molecule has 1 atom stereocenters. The van der Waals surface area contributed by atoms with Crippen molar-refractivity contribution in [2.45, 2.75) is 12.3 Å². The Morgan fingerprint density at radius 2 is 1.91 bits per heavy atom. The van der Waals surface area contributed by atoms with Gasteiger partial charge in [0.05, 0.1) is 6.61 Å². The summed E-state index contributed by atoms with van der Waals surface area (Å²) in [7, 11) is 3.98. The molecule has 2 aromatic carbocycles. The van der Waals surface area contributed by atoms with E-state index >= 15 is 0 Å². The van der Waals surface area contributed by atoms with Gasteiger partial charge in [-0.05, 0) is 30.3 Å². The second kappa shape index (κ2) is 6.10. The van der Waals surface area contributed by atoms with E-state index in [1.165, 1.54) is 0 Å². The third kappa shape index (κ3) is 3.06. The van der Waals surface area contributed by atoms with E-state index in [2.05, 4.69) is 5.32 Å². The molecule has 1 aliphatic heterocycles. The minimum Gasteiger partial charge on any atom is -0.493 e. The number of ether oxygens (including phenoxy) is 1. The highest BCUT2D eigenvalue weighted by molar-refractivity contribution is 5.91. The van der Waals surface area contributed by atoms with Crippen LogP contribution < -0.4 is 15.0 Å². The van der Waals surface area contributed by atoms with Crippen LogP contribution in [0.4, 0.5) is 11.4 Å². The van der Waals surface area contributed by atoms with E-state index < -0.39 is 0 Å². The molecule has 22 heavy (non-hydrogen) atoms. The summed E-state index contributed by atoms with van der Waals surface area (Å²) in [5, 5.41) is 2.95. The zero-order valence-electron chi connectivity index (χ0n) is 12.9. The third-order valence-electron chi connectivity index (χ3n) is 3.90. The maximum absolute atomic E-state index is 12.2. The molecule has 0 fully saturated rings. The number of amides is 1. The molecule has 1 aliphatic rings. The average Bonchev–Trinajstić information content (AvgIpc) is 2.91. The van der Waals surface area contributed by atoms with Gasteiger partial charge in [-0.25, -0.2) is 0 Å². The number of nitrogens with one attached hydrogen (secondary N) is 1. The van der Waals surface area contributed by atoms with Crippen molar-refractivity contribution in [3.8, 4) is 5.75 Å². The van der Waals surface area contributed by atoms with Crippen molar-refractivity contribution in [3.63, 3.8) is 0 Å². The molecule has 0 radical (unpaired) electrons. The van der Waals surface area contributed by atoms with Crippen molar-refractivity contribution in [2.24, 2.45) is 0 Å². The molecule has 0 bridgehead atoms. The maximum Gasteiger partial charge on any atom is 0.225 e. The smallest absolute Gasteiger partial charge is 0.225 e. The highest BCUT2D eigenvalue weighted by atomic mass is 16.5. The van der Waals surface area contributed by atoms with Gasteiger partial charge < -0.3 is 15.0 Å². The monoisotopic (exact) mass is 296 g/mol. The van der Waals surface area contributed by atoms with E-state index in [-0.39, 0.29) is 11.8 Å². The summed E-state index contributed by atoms with van der Waals surface area (Å²) < 4.78 is 5.62. The number of rotatable bonds is 4. The first-order valence-electron chi connectivity index (χ1n) is 7.42.